The molecule has 0 bridgehead atoms. The van der Waals surface area contributed by atoms with Crippen LogP contribution in [0.5, 0.6) is 0 Å². The molecule has 5 aromatic rings. The first-order valence-electron chi connectivity index (χ1n) is 9.46. The average Bonchev–Trinajstić information content (AvgIpc) is 3.48. The Hall–Kier alpha value is -3.52. The minimum atomic E-state index is -0.165. The van der Waals surface area contributed by atoms with Crippen LogP contribution in [0, 0.1) is 0 Å². The van der Waals surface area contributed by atoms with Crippen molar-refractivity contribution in [1.29, 1.82) is 0 Å². The van der Waals surface area contributed by atoms with E-state index in [1.54, 1.807) is 12.3 Å². The molecule has 29 heavy (non-hydrogen) atoms. The molecule has 0 unspecified atom stereocenters. The molecular weight excluding hydrogens is 384 g/mol. The first-order valence-corrected chi connectivity index (χ1v) is 10.3. The van der Waals surface area contributed by atoms with Gasteiger partial charge < -0.3 is 5.32 Å². The zero-order valence-electron chi connectivity index (χ0n) is 15.3. The summed E-state index contributed by atoms with van der Waals surface area (Å²) in [5.74, 6) is 0. The molecule has 3 aromatic heterocycles. The Labute approximate surface area is 169 Å². The van der Waals surface area contributed by atoms with E-state index in [9.17, 15) is 4.79 Å². The molecule has 8 heteroatoms. The predicted molar refractivity (Wildman–Crippen MR) is 114 cm³/mol. The smallest absolute Gasteiger partial charge is 0.283 e. The van der Waals surface area contributed by atoms with Crippen molar-refractivity contribution in [2.45, 2.75) is 19.3 Å². The fourth-order valence-electron chi connectivity index (χ4n) is 3.92. The molecule has 3 heterocycles. The van der Waals surface area contributed by atoms with Crippen LogP contribution in [0.25, 0.3) is 27.0 Å². The molecule has 1 aliphatic carbocycles. The number of fused-ring (bicyclic) bond motifs is 3. The molecule has 2 N–H and O–H groups in total. The Morgan fingerprint density at radius 3 is 2.90 bits per heavy atom. The summed E-state index contributed by atoms with van der Waals surface area (Å²) in [7, 11) is 0. The third-order valence-corrected chi connectivity index (χ3v) is 6.20. The SMILES string of the molecule is O=c1c2ccc(-c3cn[nH]c3)cc2nc2sc(Nc3ccc4c(c3)CCC4)nn12. The fraction of sp³-hybridized carbons (Fsp3) is 0.143. The van der Waals surface area contributed by atoms with Crippen molar-refractivity contribution in [2.24, 2.45) is 0 Å². The highest BCUT2D eigenvalue weighted by Crippen LogP contribution is 2.28. The number of aromatic amines is 1. The van der Waals surface area contributed by atoms with E-state index < -0.39 is 0 Å². The number of anilines is 2. The fourth-order valence-corrected chi connectivity index (χ4v) is 4.74. The highest BCUT2D eigenvalue weighted by atomic mass is 32.1. The third-order valence-electron chi connectivity index (χ3n) is 5.38. The van der Waals surface area contributed by atoms with Gasteiger partial charge in [0.1, 0.15) is 0 Å². The van der Waals surface area contributed by atoms with Crippen molar-refractivity contribution in [2.75, 3.05) is 5.32 Å². The molecule has 0 radical (unpaired) electrons. The van der Waals surface area contributed by atoms with Gasteiger partial charge in [-0.2, -0.15) is 9.61 Å². The maximum absolute atomic E-state index is 12.9. The Morgan fingerprint density at radius 2 is 2.00 bits per heavy atom. The summed E-state index contributed by atoms with van der Waals surface area (Å²) in [4.78, 5) is 18.2. The van der Waals surface area contributed by atoms with E-state index in [2.05, 4.69) is 43.8 Å². The van der Waals surface area contributed by atoms with Crippen LogP contribution in [0.1, 0.15) is 17.5 Å². The number of rotatable bonds is 3. The largest absolute Gasteiger partial charge is 0.330 e. The molecule has 0 saturated heterocycles. The zero-order valence-corrected chi connectivity index (χ0v) is 16.2. The lowest BCUT2D eigenvalue weighted by atomic mass is 10.1. The summed E-state index contributed by atoms with van der Waals surface area (Å²) in [6, 6.07) is 12.0. The van der Waals surface area contributed by atoms with Gasteiger partial charge in [0.2, 0.25) is 10.1 Å². The molecule has 0 fully saturated rings. The van der Waals surface area contributed by atoms with E-state index in [-0.39, 0.29) is 5.56 Å². The summed E-state index contributed by atoms with van der Waals surface area (Å²) in [6.07, 6.45) is 7.06. The van der Waals surface area contributed by atoms with Crippen molar-refractivity contribution in [3.05, 3.63) is 70.3 Å². The monoisotopic (exact) mass is 400 g/mol. The number of aromatic nitrogens is 5. The molecule has 6 rings (SSSR count). The second-order valence-corrected chi connectivity index (χ2v) is 8.16. The molecular formula is C21H16N6OS. The van der Waals surface area contributed by atoms with Crippen LogP contribution < -0.4 is 10.9 Å². The van der Waals surface area contributed by atoms with Crippen LogP contribution in [-0.2, 0) is 12.8 Å². The molecule has 0 aliphatic heterocycles. The lowest BCUT2D eigenvalue weighted by molar-refractivity contribution is 0.911. The molecule has 0 amide bonds. The maximum Gasteiger partial charge on any atom is 0.283 e. The van der Waals surface area contributed by atoms with Crippen molar-refractivity contribution in [3.63, 3.8) is 0 Å². The van der Waals surface area contributed by atoms with E-state index in [0.717, 1.165) is 29.7 Å². The summed E-state index contributed by atoms with van der Waals surface area (Å²) >= 11 is 1.37. The summed E-state index contributed by atoms with van der Waals surface area (Å²) < 4.78 is 1.38. The number of aryl methyl sites for hydroxylation is 2. The zero-order chi connectivity index (χ0) is 19.4. The van der Waals surface area contributed by atoms with Crippen molar-refractivity contribution >= 4 is 38.0 Å². The first kappa shape index (κ1) is 16.4. The molecule has 0 spiro atoms. The first-order chi connectivity index (χ1) is 14.2. The lowest BCUT2D eigenvalue weighted by Gasteiger charge is -2.04. The highest BCUT2D eigenvalue weighted by Gasteiger charge is 2.14. The van der Waals surface area contributed by atoms with Crippen molar-refractivity contribution < 1.29 is 0 Å². The van der Waals surface area contributed by atoms with E-state index in [4.69, 9.17) is 0 Å². The normalized spacial score (nSPS) is 13.2. The Bertz CT molecular complexity index is 1430. The van der Waals surface area contributed by atoms with Crippen LogP contribution >= 0.6 is 11.3 Å². The molecule has 1 aliphatic rings. The number of nitrogens with one attached hydrogen (secondary N) is 2. The van der Waals surface area contributed by atoms with Gasteiger partial charge in [-0.3, -0.25) is 9.89 Å². The topological polar surface area (TPSA) is 88.0 Å². The molecule has 142 valence electrons. The second kappa shape index (κ2) is 6.25. The Kier molecular flexibility index (Phi) is 3.54. The van der Waals surface area contributed by atoms with E-state index in [0.29, 0.717) is 21.0 Å². The number of H-pyrrole nitrogens is 1. The van der Waals surface area contributed by atoms with Crippen LogP contribution in [0.15, 0.2) is 53.6 Å². The molecule has 0 atom stereocenters. The number of hydrogen-bond acceptors (Lipinski definition) is 6. The number of hydrogen-bond donors (Lipinski definition) is 2. The lowest BCUT2D eigenvalue weighted by Crippen LogP contribution is -2.15. The van der Waals surface area contributed by atoms with Gasteiger partial charge >= 0.3 is 0 Å². The standard InChI is InChI=1S/C21H16N6OS/c28-19-17-7-5-14(15-10-22-23-11-15)9-18(17)25-21-27(19)26-20(29-21)24-16-6-4-12-2-1-3-13(12)8-16/h4-11H,1-3H2,(H,22,23)(H,24,26). The van der Waals surface area contributed by atoms with Gasteiger partial charge in [0, 0.05) is 17.4 Å². The molecule has 2 aromatic carbocycles. The van der Waals surface area contributed by atoms with Gasteiger partial charge in [0.05, 0.1) is 17.1 Å². The van der Waals surface area contributed by atoms with Crippen LogP contribution in [0.3, 0.4) is 0 Å². The van der Waals surface area contributed by atoms with Gasteiger partial charge in [0.15, 0.2) is 0 Å². The second-order valence-electron chi connectivity index (χ2n) is 7.20. The van der Waals surface area contributed by atoms with E-state index in [1.165, 1.54) is 33.4 Å². The minimum absolute atomic E-state index is 0.165. The third kappa shape index (κ3) is 2.72. The predicted octanol–water partition coefficient (Wildman–Crippen LogP) is 3.93. The van der Waals surface area contributed by atoms with Gasteiger partial charge in [-0.1, -0.05) is 23.5 Å². The van der Waals surface area contributed by atoms with E-state index in [1.807, 2.05) is 18.3 Å². The van der Waals surface area contributed by atoms with Gasteiger partial charge in [-0.15, -0.1) is 5.10 Å². The van der Waals surface area contributed by atoms with Crippen LogP contribution in [0.4, 0.5) is 10.8 Å². The quantitative estimate of drug-likeness (QED) is 0.479. The summed E-state index contributed by atoms with van der Waals surface area (Å²) in [5.41, 5.74) is 6.22. The van der Waals surface area contributed by atoms with Gasteiger partial charge in [-0.25, -0.2) is 4.98 Å². The van der Waals surface area contributed by atoms with Crippen molar-refractivity contribution in [3.8, 4) is 11.1 Å². The summed E-state index contributed by atoms with van der Waals surface area (Å²) in [5, 5.41) is 15.8. The van der Waals surface area contributed by atoms with Crippen molar-refractivity contribution in [1.82, 2.24) is 24.8 Å². The van der Waals surface area contributed by atoms with Gasteiger partial charge in [-0.05, 0) is 60.2 Å². The number of benzene rings is 2. The summed E-state index contributed by atoms with van der Waals surface area (Å²) in [6.45, 7) is 0. The van der Waals surface area contributed by atoms with Gasteiger partial charge in [0.25, 0.3) is 5.56 Å². The highest BCUT2D eigenvalue weighted by molar-refractivity contribution is 7.20. The minimum Gasteiger partial charge on any atom is -0.330 e. The molecule has 0 saturated carbocycles. The molecule has 7 nitrogen and oxygen atoms in total. The Balaban J connectivity index is 1.42. The maximum atomic E-state index is 12.9. The van der Waals surface area contributed by atoms with Crippen LogP contribution in [0.2, 0.25) is 0 Å². The van der Waals surface area contributed by atoms with Crippen LogP contribution in [-0.4, -0.2) is 24.8 Å². The number of nitrogens with zero attached hydrogens (tertiary/aromatic N) is 4. The average molecular weight is 400 g/mol. The Morgan fingerprint density at radius 1 is 1.07 bits per heavy atom. The van der Waals surface area contributed by atoms with E-state index >= 15 is 0 Å².